The van der Waals surface area contributed by atoms with E-state index in [0.717, 1.165) is 25.6 Å². The highest BCUT2D eigenvalue weighted by atomic mass is 19.1. The molecule has 0 spiro atoms. The van der Waals surface area contributed by atoms with Crippen LogP contribution in [-0.4, -0.2) is 16.1 Å². The number of hydrogen-bond acceptors (Lipinski definition) is 2. The Morgan fingerprint density at radius 2 is 2.21 bits per heavy atom. The van der Waals surface area contributed by atoms with E-state index in [4.69, 9.17) is 0 Å². The second-order valence-electron chi connectivity index (χ2n) is 4.50. The Labute approximate surface area is 111 Å². The zero-order valence-electron chi connectivity index (χ0n) is 10.8. The van der Waals surface area contributed by atoms with Gasteiger partial charge in [0.05, 0.1) is 6.33 Å². The summed E-state index contributed by atoms with van der Waals surface area (Å²) in [4.78, 5) is 3.96. The Morgan fingerprint density at radius 1 is 1.37 bits per heavy atom. The van der Waals surface area contributed by atoms with Crippen molar-refractivity contribution in [1.29, 1.82) is 0 Å². The first-order valence-corrected chi connectivity index (χ1v) is 6.31. The SMILES string of the molecule is CC(NCCCn1ccnc1)c1ccc(F)cc1F. The molecule has 1 aromatic carbocycles. The van der Waals surface area contributed by atoms with Crippen molar-refractivity contribution in [3.05, 3.63) is 54.1 Å². The number of hydrogen-bond donors (Lipinski definition) is 1. The van der Waals surface area contributed by atoms with E-state index in [-0.39, 0.29) is 6.04 Å². The largest absolute Gasteiger partial charge is 0.337 e. The van der Waals surface area contributed by atoms with Crippen molar-refractivity contribution in [2.45, 2.75) is 25.9 Å². The first-order valence-electron chi connectivity index (χ1n) is 6.31. The van der Waals surface area contributed by atoms with Crippen molar-refractivity contribution in [3.8, 4) is 0 Å². The molecule has 1 heterocycles. The fraction of sp³-hybridized carbons (Fsp3) is 0.357. The highest BCUT2D eigenvalue weighted by Gasteiger charge is 2.10. The van der Waals surface area contributed by atoms with Gasteiger partial charge in [0.1, 0.15) is 11.6 Å². The Balaban J connectivity index is 1.79. The van der Waals surface area contributed by atoms with Crippen LogP contribution in [0.1, 0.15) is 24.9 Å². The van der Waals surface area contributed by atoms with E-state index in [0.29, 0.717) is 5.56 Å². The quantitative estimate of drug-likeness (QED) is 0.814. The topological polar surface area (TPSA) is 29.9 Å². The first kappa shape index (κ1) is 13.7. The second kappa shape index (κ2) is 6.43. The first-order chi connectivity index (χ1) is 9.16. The molecule has 0 aliphatic rings. The molecule has 0 saturated heterocycles. The van der Waals surface area contributed by atoms with Crippen LogP contribution in [0.5, 0.6) is 0 Å². The number of imidazole rings is 1. The summed E-state index contributed by atoms with van der Waals surface area (Å²) in [6.07, 6.45) is 6.33. The van der Waals surface area contributed by atoms with Gasteiger partial charge >= 0.3 is 0 Å². The molecule has 3 nitrogen and oxygen atoms in total. The van der Waals surface area contributed by atoms with Gasteiger partial charge in [-0.1, -0.05) is 6.07 Å². The fourth-order valence-corrected chi connectivity index (χ4v) is 1.96. The molecule has 2 rings (SSSR count). The molecule has 0 amide bonds. The zero-order valence-corrected chi connectivity index (χ0v) is 10.8. The number of nitrogens with one attached hydrogen (secondary N) is 1. The van der Waals surface area contributed by atoms with Gasteiger partial charge in [-0.2, -0.15) is 0 Å². The van der Waals surface area contributed by atoms with Crippen LogP contribution in [0.3, 0.4) is 0 Å². The average molecular weight is 265 g/mol. The predicted molar refractivity (Wildman–Crippen MR) is 69.6 cm³/mol. The van der Waals surface area contributed by atoms with Crippen LogP contribution in [0.2, 0.25) is 0 Å². The Morgan fingerprint density at radius 3 is 2.89 bits per heavy atom. The third-order valence-electron chi connectivity index (χ3n) is 3.03. The average Bonchev–Trinajstić information content (AvgIpc) is 2.87. The van der Waals surface area contributed by atoms with Gasteiger partial charge in [-0.25, -0.2) is 13.8 Å². The Hall–Kier alpha value is -1.75. The minimum Gasteiger partial charge on any atom is -0.337 e. The van der Waals surface area contributed by atoms with E-state index in [1.165, 1.54) is 12.1 Å². The van der Waals surface area contributed by atoms with Crippen molar-refractivity contribution in [2.75, 3.05) is 6.54 Å². The highest BCUT2D eigenvalue weighted by Crippen LogP contribution is 2.17. The minimum atomic E-state index is -0.548. The van der Waals surface area contributed by atoms with E-state index in [2.05, 4.69) is 10.3 Å². The van der Waals surface area contributed by atoms with Crippen LogP contribution in [-0.2, 0) is 6.54 Å². The van der Waals surface area contributed by atoms with E-state index < -0.39 is 11.6 Å². The molecule has 0 radical (unpaired) electrons. The van der Waals surface area contributed by atoms with Crippen molar-refractivity contribution in [3.63, 3.8) is 0 Å². The lowest BCUT2D eigenvalue weighted by atomic mass is 10.1. The second-order valence-corrected chi connectivity index (χ2v) is 4.50. The molecule has 0 aliphatic carbocycles. The monoisotopic (exact) mass is 265 g/mol. The lowest BCUT2D eigenvalue weighted by Gasteiger charge is -2.15. The fourth-order valence-electron chi connectivity index (χ4n) is 1.96. The summed E-state index contributed by atoms with van der Waals surface area (Å²) in [7, 11) is 0. The molecule has 2 aromatic rings. The number of nitrogens with zero attached hydrogens (tertiary/aromatic N) is 2. The van der Waals surface area contributed by atoms with Crippen LogP contribution in [0.25, 0.3) is 0 Å². The molecule has 0 saturated carbocycles. The van der Waals surface area contributed by atoms with Crippen molar-refractivity contribution in [2.24, 2.45) is 0 Å². The molecule has 19 heavy (non-hydrogen) atoms. The van der Waals surface area contributed by atoms with Gasteiger partial charge < -0.3 is 9.88 Å². The number of halogens is 2. The maximum atomic E-state index is 13.5. The number of benzene rings is 1. The molecular weight excluding hydrogens is 248 g/mol. The maximum Gasteiger partial charge on any atom is 0.130 e. The van der Waals surface area contributed by atoms with Gasteiger partial charge in [0.2, 0.25) is 0 Å². The summed E-state index contributed by atoms with van der Waals surface area (Å²) in [6.45, 7) is 3.50. The predicted octanol–water partition coefficient (Wildman–Crippen LogP) is 2.90. The summed E-state index contributed by atoms with van der Waals surface area (Å²) in [5.41, 5.74) is 0.490. The third kappa shape index (κ3) is 3.86. The molecule has 5 heteroatoms. The van der Waals surface area contributed by atoms with E-state index in [9.17, 15) is 8.78 Å². The van der Waals surface area contributed by atoms with Crippen molar-refractivity contribution < 1.29 is 8.78 Å². The van der Waals surface area contributed by atoms with Gasteiger partial charge in [0.15, 0.2) is 0 Å². The molecule has 0 fully saturated rings. The molecule has 1 N–H and O–H groups in total. The number of rotatable bonds is 6. The number of aromatic nitrogens is 2. The van der Waals surface area contributed by atoms with E-state index in [1.54, 1.807) is 12.5 Å². The summed E-state index contributed by atoms with van der Waals surface area (Å²) in [5, 5.41) is 3.23. The Bertz CT molecular complexity index is 511. The normalized spacial score (nSPS) is 12.6. The smallest absolute Gasteiger partial charge is 0.130 e. The number of aryl methyl sites for hydroxylation is 1. The van der Waals surface area contributed by atoms with Crippen LogP contribution in [0, 0.1) is 11.6 Å². The lowest BCUT2D eigenvalue weighted by Crippen LogP contribution is -2.21. The summed E-state index contributed by atoms with van der Waals surface area (Å²) < 4.78 is 28.3. The summed E-state index contributed by atoms with van der Waals surface area (Å²) in [6, 6.07) is 3.54. The van der Waals surface area contributed by atoms with Gasteiger partial charge in [-0.05, 0) is 26.0 Å². The standard InChI is InChI=1S/C14H17F2N3/c1-11(13-4-3-12(15)9-14(13)16)18-5-2-7-19-8-6-17-10-19/h3-4,6,8-11,18H,2,5,7H2,1H3. The highest BCUT2D eigenvalue weighted by molar-refractivity contribution is 5.21. The van der Waals surface area contributed by atoms with Crippen molar-refractivity contribution >= 4 is 0 Å². The third-order valence-corrected chi connectivity index (χ3v) is 3.03. The molecule has 0 bridgehead atoms. The summed E-state index contributed by atoms with van der Waals surface area (Å²) in [5.74, 6) is -1.05. The molecule has 102 valence electrons. The Kier molecular flexibility index (Phi) is 4.63. The van der Waals surface area contributed by atoms with Crippen molar-refractivity contribution in [1.82, 2.24) is 14.9 Å². The summed E-state index contributed by atoms with van der Waals surface area (Å²) >= 11 is 0. The van der Waals surface area contributed by atoms with Crippen LogP contribution in [0.4, 0.5) is 8.78 Å². The molecule has 0 aliphatic heterocycles. The maximum absolute atomic E-state index is 13.5. The van der Waals surface area contributed by atoms with E-state index >= 15 is 0 Å². The molecule has 1 aromatic heterocycles. The van der Waals surface area contributed by atoms with Crippen LogP contribution < -0.4 is 5.32 Å². The lowest BCUT2D eigenvalue weighted by molar-refractivity contribution is 0.498. The van der Waals surface area contributed by atoms with Gasteiger partial charge in [0.25, 0.3) is 0 Å². The van der Waals surface area contributed by atoms with Crippen LogP contribution >= 0.6 is 0 Å². The van der Waals surface area contributed by atoms with Gasteiger partial charge in [-0.3, -0.25) is 0 Å². The van der Waals surface area contributed by atoms with Crippen LogP contribution in [0.15, 0.2) is 36.9 Å². The van der Waals surface area contributed by atoms with E-state index in [1.807, 2.05) is 17.7 Å². The van der Waals surface area contributed by atoms with Gasteiger partial charge in [0, 0.05) is 36.6 Å². The molecule has 1 atom stereocenters. The minimum absolute atomic E-state index is 0.136. The van der Waals surface area contributed by atoms with Gasteiger partial charge in [-0.15, -0.1) is 0 Å². The zero-order chi connectivity index (χ0) is 13.7. The molecular formula is C14H17F2N3. The molecule has 1 unspecified atom stereocenters.